The fourth-order valence-electron chi connectivity index (χ4n) is 3.46. The minimum Gasteiger partial charge on any atom is -0.467 e. The number of urea groups is 1. The van der Waals surface area contributed by atoms with Crippen molar-refractivity contribution < 1.29 is 9.21 Å². The second-order valence-corrected chi connectivity index (χ2v) is 6.89. The van der Waals surface area contributed by atoms with Gasteiger partial charge in [0, 0.05) is 29.5 Å². The highest BCUT2D eigenvalue weighted by Crippen LogP contribution is 2.34. The van der Waals surface area contributed by atoms with Crippen LogP contribution in [0.1, 0.15) is 17.4 Å². The molecule has 6 heteroatoms. The highest BCUT2D eigenvalue weighted by atomic mass is 35.5. The Kier molecular flexibility index (Phi) is 5.03. The topological polar surface area (TPSA) is 57.5 Å². The number of halogens is 1. The number of fused-ring (bicyclic) bond motifs is 1. The fraction of sp³-hybridized carbons (Fsp3) is 0.190. The van der Waals surface area contributed by atoms with Crippen LogP contribution in [-0.2, 0) is 6.42 Å². The molecule has 0 saturated heterocycles. The van der Waals surface area contributed by atoms with Crippen LogP contribution < -0.4 is 15.5 Å². The number of nitrogens with one attached hydrogen (secondary N) is 2. The third kappa shape index (κ3) is 3.93. The van der Waals surface area contributed by atoms with Crippen molar-refractivity contribution in [3.8, 4) is 0 Å². The fourth-order valence-corrected chi connectivity index (χ4v) is 3.65. The number of para-hydroxylation sites is 1. The van der Waals surface area contributed by atoms with E-state index >= 15 is 0 Å². The number of amides is 2. The molecule has 2 N–H and O–H groups in total. The zero-order valence-corrected chi connectivity index (χ0v) is 15.4. The number of carbonyl (C=O) groups excluding carboxylic acids is 1. The van der Waals surface area contributed by atoms with E-state index in [1.807, 2.05) is 18.2 Å². The molecule has 2 heterocycles. The molecule has 0 bridgehead atoms. The zero-order chi connectivity index (χ0) is 18.6. The first kappa shape index (κ1) is 17.5. The Morgan fingerprint density at radius 3 is 2.85 bits per heavy atom. The summed E-state index contributed by atoms with van der Waals surface area (Å²) in [5, 5.41) is 6.34. The molecule has 1 aliphatic heterocycles. The van der Waals surface area contributed by atoms with Gasteiger partial charge in [-0.3, -0.25) is 0 Å². The lowest BCUT2D eigenvalue weighted by Gasteiger charge is -2.29. The first-order chi connectivity index (χ1) is 13.2. The van der Waals surface area contributed by atoms with Gasteiger partial charge >= 0.3 is 6.03 Å². The Morgan fingerprint density at radius 1 is 1.15 bits per heavy atom. The van der Waals surface area contributed by atoms with E-state index in [1.54, 1.807) is 30.5 Å². The summed E-state index contributed by atoms with van der Waals surface area (Å²) in [5.74, 6) is 0.828. The predicted octanol–water partition coefficient (Wildman–Crippen LogP) is 4.86. The SMILES string of the molecule is O=C(NC[C@H](c1ccco1)N1CCc2ccccc21)Nc1cccc(Cl)c1. The Hall–Kier alpha value is -2.92. The van der Waals surface area contributed by atoms with E-state index in [0.717, 1.165) is 18.7 Å². The Balaban J connectivity index is 1.47. The molecule has 5 nitrogen and oxygen atoms in total. The van der Waals surface area contributed by atoms with Crippen LogP contribution in [0.3, 0.4) is 0 Å². The van der Waals surface area contributed by atoms with Gasteiger partial charge < -0.3 is 20.0 Å². The molecule has 0 radical (unpaired) electrons. The van der Waals surface area contributed by atoms with Crippen molar-refractivity contribution in [1.82, 2.24) is 5.32 Å². The van der Waals surface area contributed by atoms with Gasteiger partial charge in [0.05, 0.1) is 6.26 Å². The lowest BCUT2D eigenvalue weighted by atomic mass is 10.1. The molecule has 2 aromatic carbocycles. The maximum absolute atomic E-state index is 12.3. The van der Waals surface area contributed by atoms with E-state index in [9.17, 15) is 4.79 Å². The minimum atomic E-state index is -0.277. The molecule has 0 spiro atoms. The van der Waals surface area contributed by atoms with Gasteiger partial charge in [-0.1, -0.05) is 35.9 Å². The summed E-state index contributed by atoms with van der Waals surface area (Å²) in [4.78, 5) is 14.6. The van der Waals surface area contributed by atoms with Crippen molar-refractivity contribution in [2.24, 2.45) is 0 Å². The van der Waals surface area contributed by atoms with Gasteiger partial charge in [-0.2, -0.15) is 0 Å². The molecule has 0 fully saturated rings. The van der Waals surface area contributed by atoms with Gasteiger partial charge in [0.15, 0.2) is 0 Å². The van der Waals surface area contributed by atoms with Crippen molar-refractivity contribution in [3.05, 3.63) is 83.3 Å². The van der Waals surface area contributed by atoms with Crippen LogP contribution in [0.5, 0.6) is 0 Å². The Bertz CT molecular complexity index is 927. The molecule has 27 heavy (non-hydrogen) atoms. The summed E-state index contributed by atoms with van der Waals surface area (Å²) in [6.45, 7) is 1.32. The molecule has 1 aliphatic rings. The number of benzene rings is 2. The van der Waals surface area contributed by atoms with E-state index in [4.69, 9.17) is 16.0 Å². The Labute approximate surface area is 162 Å². The molecular weight excluding hydrogens is 362 g/mol. The van der Waals surface area contributed by atoms with E-state index in [-0.39, 0.29) is 12.1 Å². The highest BCUT2D eigenvalue weighted by molar-refractivity contribution is 6.30. The van der Waals surface area contributed by atoms with Crippen molar-refractivity contribution in [2.75, 3.05) is 23.3 Å². The molecule has 1 aromatic heterocycles. The van der Waals surface area contributed by atoms with Crippen molar-refractivity contribution in [1.29, 1.82) is 0 Å². The monoisotopic (exact) mass is 381 g/mol. The smallest absolute Gasteiger partial charge is 0.319 e. The molecule has 0 aliphatic carbocycles. The Morgan fingerprint density at radius 2 is 2.04 bits per heavy atom. The largest absolute Gasteiger partial charge is 0.467 e. The first-order valence-electron chi connectivity index (χ1n) is 8.89. The summed E-state index contributed by atoms with van der Waals surface area (Å²) in [7, 11) is 0. The van der Waals surface area contributed by atoms with Gasteiger partial charge in [0.25, 0.3) is 0 Å². The van der Waals surface area contributed by atoms with Gasteiger partial charge in [0.1, 0.15) is 11.8 Å². The maximum Gasteiger partial charge on any atom is 0.319 e. The average Bonchev–Trinajstić information content (AvgIpc) is 3.33. The number of furan rings is 1. The summed E-state index contributed by atoms with van der Waals surface area (Å²) < 4.78 is 5.66. The number of anilines is 2. The lowest BCUT2D eigenvalue weighted by molar-refractivity contribution is 0.251. The molecule has 4 rings (SSSR count). The third-order valence-electron chi connectivity index (χ3n) is 4.71. The number of nitrogens with zero attached hydrogens (tertiary/aromatic N) is 1. The van der Waals surface area contributed by atoms with Crippen molar-refractivity contribution in [3.63, 3.8) is 0 Å². The highest BCUT2D eigenvalue weighted by Gasteiger charge is 2.29. The second-order valence-electron chi connectivity index (χ2n) is 6.45. The van der Waals surface area contributed by atoms with Crippen LogP contribution in [0, 0.1) is 0 Å². The molecule has 2 amide bonds. The summed E-state index contributed by atoms with van der Waals surface area (Å²) in [5.41, 5.74) is 3.16. The van der Waals surface area contributed by atoms with E-state index in [1.165, 1.54) is 11.3 Å². The molecule has 3 aromatic rings. The number of rotatable bonds is 5. The molecule has 0 saturated carbocycles. The zero-order valence-electron chi connectivity index (χ0n) is 14.7. The first-order valence-corrected chi connectivity index (χ1v) is 9.27. The normalized spacial score (nSPS) is 13.9. The van der Waals surface area contributed by atoms with Crippen LogP contribution in [0.2, 0.25) is 5.02 Å². The molecule has 1 atom stereocenters. The number of hydrogen-bond donors (Lipinski definition) is 2. The van der Waals surface area contributed by atoms with Gasteiger partial charge in [0.2, 0.25) is 0 Å². The van der Waals surface area contributed by atoms with Crippen LogP contribution in [0.4, 0.5) is 16.2 Å². The van der Waals surface area contributed by atoms with Crippen LogP contribution >= 0.6 is 11.6 Å². The summed E-state index contributed by atoms with van der Waals surface area (Å²) in [6.07, 6.45) is 2.65. The standard InChI is InChI=1S/C21H20ClN3O2/c22-16-6-3-7-17(13-16)24-21(26)23-14-19(20-9-4-12-27-20)25-11-10-15-5-1-2-8-18(15)25/h1-9,12-13,19H,10-11,14H2,(H2,23,24,26)/t19-/m1/s1. The van der Waals surface area contributed by atoms with E-state index in [2.05, 4.69) is 33.7 Å². The van der Waals surface area contributed by atoms with Crippen molar-refractivity contribution >= 4 is 29.0 Å². The average molecular weight is 382 g/mol. The third-order valence-corrected chi connectivity index (χ3v) is 4.94. The quantitative estimate of drug-likeness (QED) is 0.663. The van der Waals surface area contributed by atoms with E-state index in [0.29, 0.717) is 17.3 Å². The van der Waals surface area contributed by atoms with E-state index < -0.39 is 0 Å². The molecular formula is C21H20ClN3O2. The number of carbonyl (C=O) groups is 1. The second kappa shape index (κ2) is 7.76. The summed E-state index contributed by atoms with van der Waals surface area (Å²) >= 11 is 5.97. The number of hydrogen-bond acceptors (Lipinski definition) is 3. The molecule has 138 valence electrons. The predicted molar refractivity (Wildman–Crippen MR) is 107 cm³/mol. The lowest BCUT2D eigenvalue weighted by Crippen LogP contribution is -2.39. The van der Waals surface area contributed by atoms with Gasteiger partial charge in [-0.15, -0.1) is 0 Å². The summed E-state index contributed by atoms with van der Waals surface area (Å²) in [6, 6.07) is 18.9. The minimum absolute atomic E-state index is 0.0752. The van der Waals surface area contributed by atoms with Gasteiger partial charge in [-0.05, 0) is 48.4 Å². The van der Waals surface area contributed by atoms with Crippen LogP contribution in [-0.4, -0.2) is 19.1 Å². The van der Waals surface area contributed by atoms with Crippen molar-refractivity contribution in [2.45, 2.75) is 12.5 Å². The molecule has 0 unspecified atom stereocenters. The van der Waals surface area contributed by atoms with Gasteiger partial charge in [-0.25, -0.2) is 4.79 Å². The maximum atomic E-state index is 12.3. The van der Waals surface area contributed by atoms with Crippen LogP contribution in [0.25, 0.3) is 0 Å². The van der Waals surface area contributed by atoms with Crippen LogP contribution in [0.15, 0.2) is 71.3 Å².